The minimum Gasteiger partial charge on any atom is -0.465 e. The van der Waals surface area contributed by atoms with Gasteiger partial charge in [0.25, 0.3) is 0 Å². The fourth-order valence-corrected chi connectivity index (χ4v) is 5.18. The predicted molar refractivity (Wildman–Crippen MR) is 80.3 cm³/mol. The van der Waals surface area contributed by atoms with Crippen LogP contribution in [-0.4, -0.2) is 43.2 Å². The van der Waals surface area contributed by atoms with E-state index in [-0.39, 0.29) is 22.3 Å². The molecule has 0 radical (unpaired) electrons. The van der Waals surface area contributed by atoms with Crippen molar-refractivity contribution in [2.75, 3.05) is 20.7 Å². The number of carbonyl (C=O) groups excluding carboxylic acids is 1. The monoisotopic (exact) mass is 282 g/mol. The highest BCUT2D eigenvalue weighted by molar-refractivity contribution is 5.78. The Bertz CT molecular complexity index is 407. The smallest absolute Gasteiger partial charge is 0.324 e. The van der Waals surface area contributed by atoms with E-state index in [0.717, 1.165) is 12.8 Å². The molecule has 0 aromatic carbocycles. The third-order valence-corrected chi connectivity index (χ3v) is 6.80. The number of nitrogens with zero attached hydrogens (tertiary/aromatic N) is 1. The van der Waals surface area contributed by atoms with E-state index in [1.54, 1.807) is 0 Å². The van der Waals surface area contributed by atoms with E-state index in [0.29, 0.717) is 12.5 Å². The molecule has 2 aliphatic rings. The maximum absolute atomic E-state index is 12.3. The van der Waals surface area contributed by atoms with Gasteiger partial charge in [0.15, 0.2) is 0 Å². The van der Waals surface area contributed by atoms with Crippen LogP contribution < -0.4 is 5.73 Å². The molecular weight excluding hydrogens is 252 g/mol. The number of fused-ring (bicyclic) bond motifs is 2. The largest absolute Gasteiger partial charge is 0.465 e. The molecule has 0 unspecified atom stereocenters. The second-order valence-corrected chi connectivity index (χ2v) is 7.54. The van der Waals surface area contributed by atoms with E-state index in [9.17, 15) is 4.79 Å². The lowest BCUT2D eigenvalue weighted by Crippen LogP contribution is -2.68. The molecule has 4 atom stereocenters. The molecule has 0 spiro atoms. The zero-order valence-electron chi connectivity index (χ0n) is 13.8. The predicted octanol–water partition coefficient (Wildman–Crippen LogP) is 2.02. The third-order valence-electron chi connectivity index (χ3n) is 6.80. The maximum atomic E-state index is 12.3. The molecule has 2 saturated carbocycles. The Morgan fingerprint density at radius 2 is 2.00 bits per heavy atom. The fraction of sp³-hybridized carbons (Fsp3) is 0.938. The molecule has 2 N–H and O–H groups in total. The van der Waals surface area contributed by atoms with Gasteiger partial charge in [-0.3, -0.25) is 4.79 Å². The first-order chi connectivity index (χ1) is 9.15. The Kier molecular flexibility index (Phi) is 3.71. The van der Waals surface area contributed by atoms with Crippen LogP contribution in [0.25, 0.3) is 0 Å². The van der Waals surface area contributed by atoms with Crippen LogP contribution >= 0.6 is 0 Å². The van der Waals surface area contributed by atoms with E-state index in [1.807, 2.05) is 6.92 Å². The molecule has 2 fully saturated rings. The normalized spacial score (nSPS) is 40.1. The summed E-state index contributed by atoms with van der Waals surface area (Å²) in [6.07, 6.45) is 3.37. The van der Waals surface area contributed by atoms with E-state index in [4.69, 9.17) is 10.5 Å². The van der Waals surface area contributed by atoms with Crippen molar-refractivity contribution in [1.82, 2.24) is 4.90 Å². The molecule has 0 saturated heterocycles. The lowest BCUT2D eigenvalue weighted by atomic mass is 9.59. The van der Waals surface area contributed by atoms with Gasteiger partial charge in [-0.05, 0) is 57.0 Å². The van der Waals surface area contributed by atoms with Crippen molar-refractivity contribution >= 4 is 5.97 Å². The zero-order valence-corrected chi connectivity index (χ0v) is 13.8. The topological polar surface area (TPSA) is 55.6 Å². The summed E-state index contributed by atoms with van der Waals surface area (Å²) >= 11 is 0. The highest BCUT2D eigenvalue weighted by Crippen LogP contribution is 2.71. The number of ether oxygens (including phenoxy) is 1. The van der Waals surface area contributed by atoms with Crippen molar-refractivity contribution in [3.8, 4) is 0 Å². The standard InChI is InChI=1S/C16H30N2O2/c1-7-20-13(19)12(17)16(18(5)6)10-11-8-9-15(16,4)14(11,2)3/h11-12H,7-10,17H2,1-6H3/t11-,12-,15+,16-/m1/s1. The van der Waals surface area contributed by atoms with Crippen LogP contribution in [0.1, 0.15) is 47.0 Å². The van der Waals surface area contributed by atoms with Crippen LogP contribution in [0.3, 0.4) is 0 Å². The lowest BCUT2D eigenvalue weighted by Gasteiger charge is -2.54. The van der Waals surface area contributed by atoms with Crippen LogP contribution in [-0.2, 0) is 9.53 Å². The Labute approximate surface area is 123 Å². The van der Waals surface area contributed by atoms with Gasteiger partial charge < -0.3 is 15.4 Å². The van der Waals surface area contributed by atoms with Gasteiger partial charge >= 0.3 is 5.97 Å². The Hall–Kier alpha value is -0.610. The first kappa shape index (κ1) is 15.8. The van der Waals surface area contributed by atoms with Crippen LogP contribution in [0.4, 0.5) is 0 Å². The second kappa shape index (κ2) is 4.70. The van der Waals surface area contributed by atoms with Gasteiger partial charge in [0.1, 0.15) is 6.04 Å². The SMILES string of the molecule is CCOC(=O)[C@@H](N)[C@]1(N(C)C)C[C@H]2CC[C@@]1(C)C2(C)C. The average Bonchev–Trinajstić information content (AvgIpc) is 2.69. The highest BCUT2D eigenvalue weighted by atomic mass is 16.5. The molecule has 0 amide bonds. The third kappa shape index (κ3) is 1.64. The Morgan fingerprint density at radius 3 is 2.35 bits per heavy atom. The molecule has 0 heterocycles. The quantitative estimate of drug-likeness (QED) is 0.802. The van der Waals surface area contributed by atoms with Crippen molar-refractivity contribution in [3.05, 3.63) is 0 Å². The molecule has 2 bridgehead atoms. The molecule has 2 aliphatic carbocycles. The minimum atomic E-state index is -0.577. The summed E-state index contributed by atoms with van der Waals surface area (Å²) in [7, 11) is 4.11. The van der Waals surface area contributed by atoms with Gasteiger partial charge in [0, 0.05) is 0 Å². The summed E-state index contributed by atoms with van der Waals surface area (Å²) in [5, 5.41) is 0. The summed E-state index contributed by atoms with van der Waals surface area (Å²) < 4.78 is 5.22. The Balaban J connectivity index is 2.46. The van der Waals surface area contributed by atoms with Crippen molar-refractivity contribution in [2.45, 2.75) is 58.5 Å². The number of hydrogen-bond donors (Lipinski definition) is 1. The average molecular weight is 282 g/mol. The van der Waals surface area contributed by atoms with Gasteiger partial charge in [0.2, 0.25) is 0 Å². The molecule has 0 aromatic rings. The number of rotatable bonds is 4. The first-order valence-corrected chi connectivity index (χ1v) is 7.75. The van der Waals surface area contributed by atoms with Crippen LogP contribution in [0.2, 0.25) is 0 Å². The molecule has 2 rings (SSSR count). The van der Waals surface area contributed by atoms with Crippen molar-refractivity contribution in [2.24, 2.45) is 22.5 Å². The van der Waals surface area contributed by atoms with E-state index < -0.39 is 6.04 Å². The summed E-state index contributed by atoms with van der Waals surface area (Å²) in [4.78, 5) is 14.5. The number of esters is 1. The second-order valence-electron chi connectivity index (χ2n) is 7.54. The van der Waals surface area contributed by atoms with Crippen molar-refractivity contribution in [3.63, 3.8) is 0 Å². The number of nitrogens with two attached hydrogens (primary N) is 1. The van der Waals surface area contributed by atoms with Crippen molar-refractivity contribution in [1.29, 1.82) is 0 Å². The summed E-state index contributed by atoms with van der Waals surface area (Å²) in [5.41, 5.74) is 6.37. The summed E-state index contributed by atoms with van der Waals surface area (Å²) in [5.74, 6) is 0.376. The van der Waals surface area contributed by atoms with Crippen LogP contribution in [0, 0.1) is 16.7 Å². The van der Waals surface area contributed by atoms with Gasteiger partial charge in [-0.1, -0.05) is 20.8 Å². The molecule has 4 nitrogen and oxygen atoms in total. The Morgan fingerprint density at radius 1 is 1.40 bits per heavy atom. The molecule has 0 aromatic heterocycles. The number of likely N-dealkylation sites (N-methyl/N-ethyl adjacent to an activating group) is 1. The maximum Gasteiger partial charge on any atom is 0.324 e. The van der Waals surface area contributed by atoms with E-state index in [2.05, 4.69) is 39.8 Å². The fourth-order valence-electron chi connectivity index (χ4n) is 5.18. The molecule has 20 heavy (non-hydrogen) atoms. The summed E-state index contributed by atoms with van der Waals surface area (Å²) in [6, 6.07) is -0.577. The number of hydrogen-bond acceptors (Lipinski definition) is 4. The van der Waals surface area contributed by atoms with Crippen LogP contribution in [0.5, 0.6) is 0 Å². The molecule has 0 aliphatic heterocycles. The van der Waals surface area contributed by atoms with Crippen molar-refractivity contribution < 1.29 is 9.53 Å². The van der Waals surface area contributed by atoms with Crippen LogP contribution in [0.15, 0.2) is 0 Å². The lowest BCUT2D eigenvalue weighted by molar-refractivity contribution is -0.153. The molecule has 116 valence electrons. The van der Waals surface area contributed by atoms with E-state index >= 15 is 0 Å². The van der Waals surface area contributed by atoms with Gasteiger partial charge in [-0.15, -0.1) is 0 Å². The number of carbonyl (C=O) groups is 1. The zero-order chi connectivity index (χ0) is 15.3. The summed E-state index contributed by atoms with van der Waals surface area (Å²) in [6.45, 7) is 9.22. The molecular formula is C16H30N2O2. The highest BCUT2D eigenvalue weighted by Gasteiger charge is 2.72. The molecule has 4 heteroatoms. The van der Waals surface area contributed by atoms with Gasteiger partial charge in [-0.25, -0.2) is 0 Å². The minimum absolute atomic E-state index is 0.0420. The van der Waals surface area contributed by atoms with E-state index in [1.165, 1.54) is 6.42 Å². The first-order valence-electron chi connectivity index (χ1n) is 7.75. The van der Waals surface area contributed by atoms with Gasteiger partial charge in [0.05, 0.1) is 12.1 Å². The van der Waals surface area contributed by atoms with Gasteiger partial charge in [-0.2, -0.15) is 0 Å².